The number of nitrogens with one attached hydrogen (secondary N) is 1. The van der Waals surface area contributed by atoms with Crippen LogP contribution in [0.15, 0.2) is 16.5 Å². The van der Waals surface area contributed by atoms with Gasteiger partial charge in [-0.2, -0.15) is 0 Å². The van der Waals surface area contributed by atoms with Crippen molar-refractivity contribution >= 4 is 0 Å². The summed E-state index contributed by atoms with van der Waals surface area (Å²) in [5.74, 6) is 2.01. The molecule has 1 rings (SSSR count). The van der Waals surface area contributed by atoms with Crippen LogP contribution in [0.3, 0.4) is 0 Å². The molecule has 1 N–H and O–H groups in total. The third kappa shape index (κ3) is 3.71. The molecule has 0 radical (unpaired) electrons. The molecule has 86 valence electrons. The van der Waals surface area contributed by atoms with Gasteiger partial charge in [-0.1, -0.05) is 27.7 Å². The molecule has 2 nitrogen and oxygen atoms in total. The molecule has 15 heavy (non-hydrogen) atoms. The Labute approximate surface area is 93.1 Å². The zero-order valence-electron chi connectivity index (χ0n) is 10.6. The van der Waals surface area contributed by atoms with E-state index in [1.165, 1.54) is 0 Å². The fourth-order valence-electron chi connectivity index (χ4n) is 1.87. The molecule has 0 aliphatic carbocycles. The quantitative estimate of drug-likeness (QED) is 0.821. The van der Waals surface area contributed by atoms with Crippen LogP contribution in [-0.2, 0) is 6.54 Å². The third-order valence-corrected chi connectivity index (χ3v) is 2.77. The largest absolute Gasteiger partial charge is 0.465 e. The zero-order chi connectivity index (χ0) is 11.5. The van der Waals surface area contributed by atoms with Crippen LogP contribution in [-0.4, -0.2) is 6.04 Å². The summed E-state index contributed by atoms with van der Waals surface area (Å²) >= 11 is 0. The second-order valence-electron chi connectivity index (χ2n) is 5.22. The molecule has 0 fully saturated rings. The maximum atomic E-state index is 5.53. The van der Waals surface area contributed by atoms with Crippen molar-refractivity contribution in [3.05, 3.63) is 23.7 Å². The summed E-state index contributed by atoms with van der Waals surface area (Å²) in [6.45, 7) is 11.8. The highest BCUT2D eigenvalue weighted by Gasteiger charge is 2.22. The first-order chi connectivity index (χ1) is 6.93. The van der Waals surface area contributed by atoms with Gasteiger partial charge in [0.25, 0.3) is 0 Å². The van der Waals surface area contributed by atoms with E-state index in [1.54, 1.807) is 0 Å². The number of hydrogen-bond acceptors (Lipinski definition) is 2. The number of aryl methyl sites for hydroxylation is 1. The number of furan rings is 1. The fraction of sp³-hybridized carbons (Fsp3) is 0.692. The molecule has 0 aromatic carbocycles. The van der Waals surface area contributed by atoms with Gasteiger partial charge in [-0.3, -0.25) is 0 Å². The first kappa shape index (κ1) is 12.3. The van der Waals surface area contributed by atoms with Crippen molar-refractivity contribution in [2.24, 2.45) is 5.41 Å². The van der Waals surface area contributed by atoms with E-state index >= 15 is 0 Å². The first-order valence-electron chi connectivity index (χ1n) is 5.72. The van der Waals surface area contributed by atoms with Gasteiger partial charge >= 0.3 is 0 Å². The Bertz CT molecular complexity index is 296. The number of rotatable bonds is 4. The van der Waals surface area contributed by atoms with Crippen LogP contribution < -0.4 is 5.32 Å². The van der Waals surface area contributed by atoms with Crippen LogP contribution >= 0.6 is 0 Å². The molecule has 1 atom stereocenters. The molecule has 1 unspecified atom stereocenters. The van der Waals surface area contributed by atoms with Gasteiger partial charge in [0.1, 0.15) is 11.5 Å². The van der Waals surface area contributed by atoms with Crippen molar-refractivity contribution in [3.63, 3.8) is 0 Å². The Morgan fingerprint density at radius 2 is 2.00 bits per heavy atom. The average molecular weight is 209 g/mol. The average Bonchev–Trinajstić information content (AvgIpc) is 2.50. The van der Waals surface area contributed by atoms with Gasteiger partial charge in [-0.25, -0.2) is 0 Å². The molecule has 1 aromatic rings. The predicted octanol–water partition coefficient (Wildman–Crippen LogP) is 3.50. The maximum Gasteiger partial charge on any atom is 0.117 e. The van der Waals surface area contributed by atoms with E-state index in [1.807, 2.05) is 19.1 Å². The summed E-state index contributed by atoms with van der Waals surface area (Å²) in [7, 11) is 0. The van der Waals surface area contributed by atoms with Crippen LogP contribution in [0.25, 0.3) is 0 Å². The van der Waals surface area contributed by atoms with Crippen molar-refractivity contribution in [1.29, 1.82) is 0 Å². The highest BCUT2D eigenvalue weighted by Crippen LogP contribution is 2.22. The Kier molecular flexibility index (Phi) is 3.97. The van der Waals surface area contributed by atoms with Gasteiger partial charge in [0.05, 0.1) is 6.54 Å². The molecule has 2 heteroatoms. The lowest BCUT2D eigenvalue weighted by Gasteiger charge is -2.30. The molecule has 1 aromatic heterocycles. The smallest absolute Gasteiger partial charge is 0.117 e. The van der Waals surface area contributed by atoms with Crippen molar-refractivity contribution in [2.75, 3.05) is 0 Å². The lowest BCUT2D eigenvalue weighted by atomic mass is 9.85. The maximum absolute atomic E-state index is 5.53. The van der Waals surface area contributed by atoms with Gasteiger partial charge in [-0.05, 0) is 30.9 Å². The molecule has 0 amide bonds. The third-order valence-electron chi connectivity index (χ3n) is 2.77. The second-order valence-corrected chi connectivity index (χ2v) is 5.22. The van der Waals surface area contributed by atoms with Gasteiger partial charge in [0, 0.05) is 6.04 Å². The van der Waals surface area contributed by atoms with E-state index in [4.69, 9.17) is 4.42 Å². The summed E-state index contributed by atoms with van der Waals surface area (Å²) in [4.78, 5) is 0. The van der Waals surface area contributed by atoms with E-state index in [-0.39, 0.29) is 0 Å². The van der Waals surface area contributed by atoms with Gasteiger partial charge < -0.3 is 9.73 Å². The summed E-state index contributed by atoms with van der Waals surface area (Å²) in [5, 5.41) is 3.55. The normalized spacial score (nSPS) is 14.2. The monoisotopic (exact) mass is 209 g/mol. The Balaban J connectivity index is 2.48. The summed E-state index contributed by atoms with van der Waals surface area (Å²) in [5.41, 5.74) is 0.302. The van der Waals surface area contributed by atoms with E-state index in [9.17, 15) is 0 Å². The molecule has 1 heterocycles. The summed E-state index contributed by atoms with van der Waals surface area (Å²) in [6.07, 6.45) is 1.14. The van der Waals surface area contributed by atoms with Gasteiger partial charge in [0.2, 0.25) is 0 Å². The standard InChI is InChI=1S/C13H23NO/c1-6-12(13(3,4)5)14-9-11-8-7-10(2)15-11/h7-8,12,14H,6,9H2,1-5H3. The van der Waals surface area contributed by atoms with E-state index in [2.05, 4.69) is 33.0 Å². The van der Waals surface area contributed by atoms with Crippen LogP contribution in [0.4, 0.5) is 0 Å². The SMILES string of the molecule is CCC(NCc1ccc(C)o1)C(C)(C)C. The summed E-state index contributed by atoms with van der Waals surface area (Å²) in [6, 6.07) is 4.58. The van der Waals surface area contributed by atoms with Crippen molar-refractivity contribution in [3.8, 4) is 0 Å². The Hall–Kier alpha value is -0.760. The van der Waals surface area contributed by atoms with E-state index in [0.29, 0.717) is 11.5 Å². The minimum absolute atomic E-state index is 0.302. The molecule has 0 aliphatic rings. The van der Waals surface area contributed by atoms with Crippen LogP contribution in [0.5, 0.6) is 0 Å². The molecule has 0 spiro atoms. The molecule has 0 saturated heterocycles. The first-order valence-corrected chi connectivity index (χ1v) is 5.72. The highest BCUT2D eigenvalue weighted by molar-refractivity contribution is 5.05. The second kappa shape index (κ2) is 4.84. The highest BCUT2D eigenvalue weighted by atomic mass is 16.3. The van der Waals surface area contributed by atoms with Crippen LogP contribution in [0.2, 0.25) is 0 Å². The van der Waals surface area contributed by atoms with Gasteiger partial charge in [-0.15, -0.1) is 0 Å². The molecule has 0 bridgehead atoms. The zero-order valence-corrected chi connectivity index (χ0v) is 10.6. The molecule has 0 aliphatic heterocycles. The van der Waals surface area contributed by atoms with Crippen LogP contribution in [0, 0.1) is 12.3 Å². The lowest BCUT2D eigenvalue weighted by Crippen LogP contribution is -2.39. The minimum Gasteiger partial charge on any atom is -0.465 e. The molecular weight excluding hydrogens is 186 g/mol. The van der Waals surface area contributed by atoms with E-state index in [0.717, 1.165) is 24.5 Å². The Morgan fingerprint density at radius 1 is 1.33 bits per heavy atom. The van der Waals surface area contributed by atoms with Crippen LogP contribution in [0.1, 0.15) is 45.6 Å². The molecule has 0 saturated carbocycles. The predicted molar refractivity (Wildman–Crippen MR) is 63.8 cm³/mol. The number of hydrogen-bond donors (Lipinski definition) is 1. The fourth-order valence-corrected chi connectivity index (χ4v) is 1.87. The van der Waals surface area contributed by atoms with Crippen molar-refractivity contribution < 1.29 is 4.42 Å². The van der Waals surface area contributed by atoms with Gasteiger partial charge in [0.15, 0.2) is 0 Å². The molecular formula is C13H23NO. The topological polar surface area (TPSA) is 25.2 Å². The summed E-state index contributed by atoms with van der Waals surface area (Å²) < 4.78 is 5.53. The van der Waals surface area contributed by atoms with E-state index < -0.39 is 0 Å². The van der Waals surface area contributed by atoms with Crippen molar-refractivity contribution in [2.45, 2.75) is 53.6 Å². The lowest BCUT2D eigenvalue weighted by molar-refractivity contribution is 0.253. The Morgan fingerprint density at radius 3 is 2.40 bits per heavy atom. The minimum atomic E-state index is 0.302. The van der Waals surface area contributed by atoms with Crippen molar-refractivity contribution in [1.82, 2.24) is 5.32 Å².